The van der Waals surface area contributed by atoms with E-state index in [-0.39, 0.29) is 18.9 Å². The summed E-state index contributed by atoms with van der Waals surface area (Å²) >= 11 is 0. The van der Waals surface area contributed by atoms with Crippen LogP contribution in [0.1, 0.15) is 52.9 Å². The highest BCUT2D eigenvalue weighted by molar-refractivity contribution is 5.78. The standard InChI is InChI=1S/C13H25NO4/c1-4-6-13(18,7-5-2)8-11(15)14-9-10(3)12(16)17/h10,18H,4-9H2,1-3H3,(H,14,15)(H,16,17). The van der Waals surface area contributed by atoms with E-state index in [0.29, 0.717) is 12.8 Å². The van der Waals surface area contributed by atoms with E-state index < -0.39 is 17.5 Å². The number of aliphatic carboxylic acids is 1. The van der Waals surface area contributed by atoms with Crippen LogP contribution in [0.2, 0.25) is 0 Å². The van der Waals surface area contributed by atoms with Crippen LogP contribution in [0.4, 0.5) is 0 Å². The summed E-state index contributed by atoms with van der Waals surface area (Å²) in [6.45, 7) is 5.56. The molecule has 0 spiro atoms. The predicted molar refractivity (Wildman–Crippen MR) is 69.2 cm³/mol. The summed E-state index contributed by atoms with van der Waals surface area (Å²) in [4.78, 5) is 22.3. The van der Waals surface area contributed by atoms with Gasteiger partial charge in [-0.2, -0.15) is 0 Å². The first kappa shape index (κ1) is 16.9. The molecule has 0 bridgehead atoms. The molecule has 5 heteroatoms. The summed E-state index contributed by atoms with van der Waals surface area (Å²) in [5.41, 5.74) is -0.958. The molecule has 5 nitrogen and oxygen atoms in total. The van der Waals surface area contributed by atoms with Crippen molar-refractivity contribution < 1.29 is 19.8 Å². The molecule has 0 aliphatic rings. The number of carboxylic acids is 1. The third kappa shape index (κ3) is 6.59. The molecule has 0 saturated heterocycles. The number of carboxylic acid groups (broad SMARTS) is 1. The van der Waals surface area contributed by atoms with Crippen LogP contribution in [0.25, 0.3) is 0 Å². The van der Waals surface area contributed by atoms with Gasteiger partial charge in [-0.25, -0.2) is 0 Å². The Balaban J connectivity index is 4.22. The quantitative estimate of drug-likeness (QED) is 0.586. The Morgan fingerprint density at radius 3 is 2.11 bits per heavy atom. The van der Waals surface area contributed by atoms with Gasteiger partial charge in [-0.05, 0) is 12.8 Å². The molecule has 0 aromatic carbocycles. The van der Waals surface area contributed by atoms with Crippen LogP contribution in [-0.2, 0) is 9.59 Å². The molecular formula is C13H25NO4. The lowest BCUT2D eigenvalue weighted by Crippen LogP contribution is -2.39. The first-order chi connectivity index (χ1) is 8.34. The van der Waals surface area contributed by atoms with E-state index in [9.17, 15) is 14.7 Å². The second-order valence-electron chi connectivity index (χ2n) is 4.94. The molecule has 0 saturated carbocycles. The van der Waals surface area contributed by atoms with Crippen LogP contribution in [-0.4, -0.2) is 34.2 Å². The van der Waals surface area contributed by atoms with E-state index in [2.05, 4.69) is 5.32 Å². The molecule has 0 aromatic rings. The molecule has 0 fully saturated rings. The number of nitrogens with one attached hydrogen (secondary N) is 1. The lowest BCUT2D eigenvalue weighted by molar-refractivity contribution is -0.141. The number of aliphatic hydroxyl groups is 1. The normalized spacial score (nSPS) is 13.1. The van der Waals surface area contributed by atoms with Crippen molar-refractivity contribution in [3.05, 3.63) is 0 Å². The van der Waals surface area contributed by atoms with Crippen LogP contribution in [0.5, 0.6) is 0 Å². The minimum absolute atomic E-state index is 0.0427. The van der Waals surface area contributed by atoms with E-state index >= 15 is 0 Å². The zero-order valence-electron chi connectivity index (χ0n) is 11.5. The number of hydrogen-bond donors (Lipinski definition) is 3. The van der Waals surface area contributed by atoms with Gasteiger partial charge in [0, 0.05) is 6.54 Å². The predicted octanol–water partition coefficient (Wildman–Crippen LogP) is 1.54. The maximum Gasteiger partial charge on any atom is 0.308 e. The maximum atomic E-state index is 11.7. The molecule has 1 atom stereocenters. The van der Waals surface area contributed by atoms with Crippen molar-refractivity contribution in [2.75, 3.05) is 6.54 Å². The van der Waals surface area contributed by atoms with Crippen LogP contribution >= 0.6 is 0 Å². The largest absolute Gasteiger partial charge is 0.481 e. The fourth-order valence-corrected chi connectivity index (χ4v) is 1.95. The van der Waals surface area contributed by atoms with Crippen molar-refractivity contribution in [1.29, 1.82) is 0 Å². The van der Waals surface area contributed by atoms with Gasteiger partial charge in [0.15, 0.2) is 0 Å². The Kier molecular flexibility index (Phi) is 7.59. The summed E-state index contributed by atoms with van der Waals surface area (Å²) in [5.74, 6) is -1.83. The Hall–Kier alpha value is -1.10. The Labute approximate surface area is 109 Å². The first-order valence-corrected chi connectivity index (χ1v) is 6.56. The molecule has 18 heavy (non-hydrogen) atoms. The molecule has 3 N–H and O–H groups in total. The van der Waals surface area contributed by atoms with Gasteiger partial charge >= 0.3 is 5.97 Å². The number of carbonyl (C=O) groups is 2. The molecule has 106 valence electrons. The summed E-state index contributed by atoms with van der Waals surface area (Å²) < 4.78 is 0. The van der Waals surface area contributed by atoms with Crippen LogP contribution in [0.15, 0.2) is 0 Å². The van der Waals surface area contributed by atoms with Gasteiger partial charge in [-0.15, -0.1) is 0 Å². The van der Waals surface area contributed by atoms with Crippen LogP contribution in [0.3, 0.4) is 0 Å². The average Bonchev–Trinajstić information content (AvgIpc) is 2.25. The second kappa shape index (κ2) is 8.08. The van der Waals surface area contributed by atoms with Crippen molar-refractivity contribution in [2.24, 2.45) is 5.92 Å². The summed E-state index contributed by atoms with van der Waals surface area (Å²) in [6.07, 6.45) is 2.84. The molecule has 0 aromatic heterocycles. The SMILES string of the molecule is CCCC(O)(CCC)CC(=O)NCC(C)C(=O)O. The van der Waals surface area contributed by atoms with Gasteiger partial charge in [0.2, 0.25) is 5.91 Å². The summed E-state index contributed by atoms with van der Waals surface area (Å²) in [7, 11) is 0. The van der Waals surface area contributed by atoms with Crippen molar-refractivity contribution in [3.63, 3.8) is 0 Å². The third-order valence-electron chi connectivity index (χ3n) is 2.95. The van der Waals surface area contributed by atoms with Crippen LogP contribution in [0, 0.1) is 5.92 Å². The van der Waals surface area contributed by atoms with Gasteiger partial charge in [0.25, 0.3) is 0 Å². The lowest BCUT2D eigenvalue weighted by atomic mass is 9.89. The fourth-order valence-electron chi connectivity index (χ4n) is 1.95. The Morgan fingerprint density at radius 2 is 1.72 bits per heavy atom. The zero-order chi connectivity index (χ0) is 14.2. The smallest absolute Gasteiger partial charge is 0.308 e. The molecular weight excluding hydrogens is 234 g/mol. The lowest BCUT2D eigenvalue weighted by Gasteiger charge is -2.27. The number of carbonyl (C=O) groups excluding carboxylic acids is 1. The molecule has 0 rings (SSSR count). The summed E-state index contributed by atoms with van der Waals surface area (Å²) in [6, 6.07) is 0. The topological polar surface area (TPSA) is 86.6 Å². The van der Waals surface area contributed by atoms with Gasteiger partial charge in [-0.3, -0.25) is 9.59 Å². The Morgan fingerprint density at radius 1 is 1.22 bits per heavy atom. The molecule has 0 heterocycles. The molecule has 1 unspecified atom stereocenters. The van der Waals surface area contributed by atoms with E-state index in [4.69, 9.17) is 5.11 Å². The zero-order valence-corrected chi connectivity index (χ0v) is 11.5. The minimum atomic E-state index is -0.958. The van der Waals surface area contributed by atoms with Gasteiger partial charge < -0.3 is 15.5 Å². The third-order valence-corrected chi connectivity index (χ3v) is 2.95. The van der Waals surface area contributed by atoms with E-state index in [1.165, 1.54) is 6.92 Å². The molecule has 0 aliphatic heterocycles. The average molecular weight is 259 g/mol. The minimum Gasteiger partial charge on any atom is -0.481 e. The number of hydrogen-bond acceptors (Lipinski definition) is 3. The van der Waals surface area contributed by atoms with Crippen molar-refractivity contribution in [3.8, 4) is 0 Å². The molecule has 0 aliphatic carbocycles. The van der Waals surface area contributed by atoms with Crippen molar-refractivity contribution >= 4 is 11.9 Å². The molecule has 0 radical (unpaired) electrons. The van der Waals surface area contributed by atoms with E-state index in [0.717, 1.165) is 12.8 Å². The Bertz CT molecular complexity index is 272. The van der Waals surface area contributed by atoms with Gasteiger partial charge in [0.05, 0.1) is 17.9 Å². The maximum absolute atomic E-state index is 11.7. The number of rotatable bonds is 9. The van der Waals surface area contributed by atoms with Gasteiger partial charge in [0.1, 0.15) is 0 Å². The van der Waals surface area contributed by atoms with Gasteiger partial charge in [-0.1, -0.05) is 33.6 Å². The fraction of sp³-hybridized carbons (Fsp3) is 0.846. The second-order valence-corrected chi connectivity index (χ2v) is 4.94. The van der Waals surface area contributed by atoms with Crippen molar-refractivity contribution in [1.82, 2.24) is 5.32 Å². The highest BCUT2D eigenvalue weighted by Gasteiger charge is 2.28. The highest BCUT2D eigenvalue weighted by atomic mass is 16.4. The highest BCUT2D eigenvalue weighted by Crippen LogP contribution is 2.23. The van der Waals surface area contributed by atoms with E-state index in [1.54, 1.807) is 0 Å². The summed E-state index contributed by atoms with van der Waals surface area (Å²) in [5, 5.41) is 21.5. The monoisotopic (exact) mass is 259 g/mol. The number of amides is 1. The van der Waals surface area contributed by atoms with Crippen molar-refractivity contribution in [2.45, 2.75) is 58.5 Å². The van der Waals surface area contributed by atoms with Crippen LogP contribution < -0.4 is 5.32 Å². The molecule has 1 amide bonds. The van der Waals surface area contributed by atoms with E-state index in [1.807, 2.05) is 13.8 Å². The first-order valence-electron chi connectivity index (χ1n) is 6.56.